The van der Waals surface area contributed by atoms with E-state index in [-0.39, 0.29) is 15.8 Å². The van der Waals surface area contributed by atoms with E-state index < -0.39 is 0 Å². The summed E-state index contributed by atoms with van der Waals surface area (Å²) in [5, 5.41) is 0. The van der Waals surface area contributed by atoms with Gasteiger partial charge in [-0.3, -0.25) is 13.6 Å². The summed E-state index contributed by atoms with van der Waals surface area (Å²) < 4.78 is 0. The van der Waals surface area contributed by atoms with Gasteiger partial charge in [0.25, 0.3) is 0 Å². The van der Waals surface area contributed by atoms with E-state index in [1.165, 1.54) is 51.4 Å². The van der Waals surface area contributed by atoms with Gasteiger partial charge in [-0.05, 0) is 11.3 Å². The van der Waals surface area contributed by atoms with Crippen LogP contribution in [0.15, 0.2) is 0 Å². The molecule has 5 heteroatoms. The van der Waals surface area contributed by atoms with E-state index in [0.29, 0.717) is 13.9 Å². The number of hydrogen-bond donors (Lipinski definition) is 0. The maximum atomic E-state index is 3.11. The van der Waals surface area contributed by atoms with Gasteiger partial charge in [0.05, 0.1) is 0 Å². The second-order valence-electron chi connectivity index (χ2n) is 10.2. The van der Waals surface area contributed by atoms with Gasteiger partial charge in [0.15, 0.2) is 0 Å². The Morgan fingerprint density at radius 3 is 1.41 bits per heavy atom. The molecule has 0 saturated heterocycles. The molecular formula is C24H47Br2P2Pd-. The molecular weight excluding hydrogens is 616 g/mol. The van der Waals surface area contributed by atoms with Crippen molar-refractivity contribution in [2.45, 2.75) is 135 Å². The van der Waals surface area contributed by atoms with E-state index in [1.807, 2.05) is 0 Å². The van der Waals surface area contributed by atoms with Crippen LogP contribution in [-0.4, -0.2) is 28.3 Å². The molecule has 0 aromatic carbocycles. The molecule has 0 aliphatic heterocycles. The quantitative estimate of drug-likeness (QED) is 0.131. The van der Waals surface area contributed by atoms with Gasteiger partial charge in [-0.2, -0.15) is 5.92 Å². The summed E-state index contributed by atoms with van der Waals surface area (Å²) in [7, 11) is 0.131. The average molecular weight is 664 g/mol. The van der Waals surface area contributed by atoms with Crippen molar-refractivity contribution in [1.29, 1.82) is 0 Å². The van der Waals surface area contributed by atoms with E-state index in [1.54, 1.807) is 0 Å². The number of rotatable bonds is 9. The molecule has 0 radical (unpaired) electrons. The van der Waals surface area contributed by atoms with Crippen molar-refractivity contribution in [2.24, 2.45) is 11.8 Å². The molecule has 178 valence electrons. The zero-order valence-corrected chi connectivity index (χ0v) is 26.7. The third-order valence-corrected chi connectivity index (χ3v) is 14.2. The molecule has 0 amide bonds. The summed E-state index contributed by atoms with van der Waals surface area (Å²) in [6.07, 6.45) is 12.1. The molecule has 0 spiro atoms. The molecule has 1 atom stereocenters. The van der Waals surface area contributed by atoms with Crippen LogP contribution in [0.4, 0.5) is 0 Å². The standard InChI is InChI=1S/C24H47P2.2BrH.Pd/c1-17(2)25(18(3)4)23(21-13-9-10-14-21)24(22-15-11-12-16-22)26(19(5)6)20(7)8;;;/h17-23H,9-16H2,1-8H3;2*1H;/q-1;;;+2/p-2. The first-order valence-electron chi connectivity index (χ1n) is 11.9. The van der Waals surface area contributed by atoms with Crippen LogP contribution in [0.1, 0.15) is 107 Å². The summed E-state index contributed by atoms with van der Waals surface area (Å²) in [4.78, 5) is 0. The Balaban J connectivity index is 0.00000132. The molecule has 1 unspecified atom stereocenters. The predicted molar refractivity (Wildman–Crippen MR) is 143 cm³/mol. The van der Waals surface area contributed by atoms with Crippen LogP contribution in [0, 0.1) is 17.5 Å². The first-order chi connectivity index (χ1) is 13.7. The van der Waals surface area contributed by atoms with Crippen molar-refractivity contribution in [3.05, 3.63) is 5.66 Å². The van der Waals surface area contributed by atoms with E-state index >= 15 is 0 Å². The molecule has 0 nitrogen and oxygen atoms in total. The van der Waals surface area contributed by atoms with Crippen LogP contribution < -0.4 is 0 Å². The molecule has 2 aliphatic carbocycles. The third kappa shape index (κ3) is 8.98. The summed E-state index contributed by atoms with van der Waals surface area (Å²) in [5.74, 6) is 1.99. The van der Waals surface area contributed by atoms with Crippen LogP contribution in [0.25, 0.3) is 0 Å². The average Bonchev–Trinajstić information content (AvgIpc) is 3.30. The summed E-state index contributed by atoms with van der Waals surface area (Å²) in [6.45, 7) is 20.4. The molecule has 2 saturated carbocycles. The van der Waals surface area contributed by atoms with E-state index in [0.717, 1.165) is 40.1 Å². The minimum atomic E-state index is 0.0423. The van der Waals surface area contributed by atoms with Crippen molar-refractivity contribution in [3.8, 4) is 0 Å². The topological polar surface area (TPSA) is 0 Å². The van der Waals surface area contributed by atoms with Gasteiger partial charge < -0.3 is 0 Å². The molecule has 0 bridgehead atoms. The van der Waals surface area contributed by atoms with Gasteiger partial charge in [0.2, 0.25) is 0 Å². The molecule has 0 aromatic rings. The summed E-state index contributed by atoms with van der Waals surface area (Å²) >= 11 is 6.80. The van der Waals surface area contributed by atoms with Gasteiger partial charge in [-0.1, -0.05) is 124 Å². The van der Waals surface area contributed by atoms with Gasteiger partial charge >= 0.3 is 40.8 Å². The molecule has 2 aliphatic rings. The second-order valence-corrected chi connectivity index (χ2v) is 24.3. The number of halogens is 2. The Labute approximate surface area is 207 Å². The monoisotopic (exact) mass is 661 g/mol. The molecule has 2 fully saturated rings. The van der Waals surface area contributed by atoms with Gasteiger partial charge in [0.1, 0.15) is 0 Å². The Kier molecular flexibility index (Phi) is 15.7. The van der Waals surface area contributed by atoms with Crippen LogP contribution in [0.3, 0.4) is 0 Å². The molecule has 29 heavy (non-hydrogen) atoms. The number of hydrogen-bond acceptors (Lipinski definition) is 0. The normalized spacial score (nSPS) is 20.3. The molecule has 0 N–H and O–H groups in total. The minimum absolute atomic E-state index is 0.0423. The van der Waals surface area contributed by atoms with Gasteiger partial charge in [-0.25, -0.2) is 0 Å². The summed E-state index contributed by atoms with van der Waals surface area (Å²) in [5.41, 5.74) is 6.61. The van der Waals surface area contributed by atoms with Crippen LogP contribution in [0.2, 0.25) is 0 Å². The van der Waals surface area contributed by atoms with Crippen molar-refractivity contribution in [1.82, 2.24) is 0 Å². The predicted octanol–water partition coefficient (Wildman–Crippen LogP) is 10.6. The Morgan fingerprint density at radius 2 is 1.07 bits per heavy atom. The van der Waals surface area contributed by atoms with E-state index in [2.05, 4.69) is 87.9 Å². The van der Waals surface area contributed by atoms with E-state index in [9.17, 15) is 0 Å². The first kappa shape index (κ1) is 29.5. The van der Waals surface area contributed by atoms with Gasteiger partial charge in [0, 0.05) is 0 Å². The Bertz CT molecular complexity index is 365. The van der Waals surface area contributed by atoms with Gasteiger partial charge in [-0.15, -0.1) is 13.6 Å². The molecule has 0 aromatic heterocycles. The summed E-state index contributed by atoms with van der Waals surface area (Å²) in [6, 6.07) is 0. The van der Waals surface area contributed by atoms with Crippen molar-refractivity contribution in [3.63, 3.8) is 0 Å². The van der Waals surface area contributed by atoms with E-state index in [4.69, 9.17) is 0 Å². The Hall–Kier alpha value is 2.48. The first-order valence-corrected chi connectivity index (χ1v) is 22.1. The van der Waals surface area contributed by atoms with Crippen LogP contribution in [0.5, 0.6) is 0 Å². The SMILES string of the molecule is CC(C)P([C-](C1CCCC1)C(C1CCCC1)P(C(C)C)C(C)C)C(C)C.[Br][Pd][Br]. The van der Waals surface area contributed by atoms with Crippen LogP contribution >= 0.6 is 42.7 Å². The molecule has 0 heterocycles. The zero-order valence-electron chi connectivity index (χ0n) is 20.2. The Morgan fingerprint density at radius 1 is 0.690 bits per heavy atom. The van der Waals surface area contributed by atoms with Crippen molar-refractivity contribution < 1.29 is 13.9 Å². The zero-order chi connectivity index (χ0) is 22.1. The fourth-order valence-corrected chi connectivity index (χ4v) is 14.3. The van der Waals surface area contributed by atoms with Crippen LogP contribution in [-0.2, 0) is 13.9 Å². The molecule has 2 rings (SSSR count). The maximum absolute atomic E-state index is 3.11. The fraction of sp³-hybridized carbons (Fsp3) is 0.958. The van der Waals surface area contributed by atoms with Crippen molar-refractivity contribution >= 4 is 42.7 Å². The van der Waals surface area contributed by atoms with Crippen molar-refractivity contribution in [2.75, 3.05) is 0 Å². The fourth-order valence-electron chi connectivity index (χ4n) is 6.17. The second kappa shape index (κ2) is 15.4. The third-order valence-electron chi connectivity index (χ3n) is 6.85.